The van der Waals surface area contributed by atoms with Crippen molar-refractivity contribution >= 4 is 0 Å². The van der Waals surface area contributed by atoms with Gasteiger partial charge in [-0.1, -0.05) is 0 Å². The molecule has 0 aromatic rings. The van der Waals surface area contributed by atoms with Crippen molar-refractivity contribution in [3.8, 4) is 0 Å². The first-order chi connectivity index (χ1) is 7.74. The van der Waals surface area contributed by atoms with Gasteiger partial charge in [-0.25, -0.2) is 0 Å². The molecule has 2 unspecified atom stereocenters. The molecular formula is C12H24N2O2. The normalized spacial score (nSPS) is 37.5. The summed E-state index contributed by atoms with van der Waals surface area (Å²) in [4.78, 5) is 2.36. The minimum absolute atomic E-state index is 0.134. The molecule has 0 aromatic carbocycles. The molecule has 2 rings (SSSR count). The summed E-state index contributed by atoms with van der Waals surface area (Å²) in [6.45, 7) is 5.25. The lowest BCUT2D eigenvalue weighted by molar-refractivity contribution is -0.0349. The lowest BCUT2D eigenvalue weighted by Gasteiger charge is -2.42. The molecule has 94 valence electrons. The Kier molecular flexibility index (Phi) is 4.19. The van der Waals surface area contributed by atoms with Gasteiger partial charge in [0, 0.05) is 31.7 Å². The Morgan fingerprint density at radius 2 is 2.31 bits per heavy atom. The molecule has 2 aliphatic rings. The van der Waals surface area contributed by atoms with E-state index in [1.165, 1.54) is 0 Å². The number of nitrogens with zero attached hydrogens (tertiary/aromatic N) is 1. The summed E-state index contributed by atoms with van der Waals surface area (Å²) in [5, 5.41) is 9.66. The van der Waals surface area contributed by atoms with Gasteiger partial charge in [0.15, 0.2) is 0 Å². The number of nitrogens with two attached hydrogens (primary N) is 1. The zero-order valence-electron chi connectivity index (χ0n) is 10.0. The SMILES string of the molecule is NCC1(CN2CCCC(O)C2)CCCOC1. The van der Waals surface area contributed by atoms with E-state index in [-0.39, 0.29) is 11.5 Å². The summed E-state index contributed by atoms with van der Waals surface area (Å²) in [5.74, 6) is 0. The number of aliphatic hydroxyl groups is 1. The van der Waals surface area contributed by atoms with Gasteiger partial charge in [-0.05, 0) is 32.2 Å². The van der Waals surface area contributed by atoms with Gasteiger partial charge in [0.1, 0.15) is 0 Å². The molecule has 2 heterocycles. The van der Waals surface area contributed by atoms with Gasteiger partial charge in [-0.2, -0.15) is 0 Å². The van der Waals surface area contributed by atoms with E-state index >= 15 is 0 Å². The maximum Gasteiger partial charge on any atom is 0.0667 e. The molecule has 4 nitrogen and oxygen atoms in total. The third kappa shape index (κ3) is 2.94. The summed E-state index contributed by atoms with van der Waals surface area (Å²) < 4.78 is 5.58. The largest absolute Gasteiger partial charge is 0.392 e. The van der Waals surface area contributed by atoms with Crippen LogP contribution < -0.4 is 5.73 Å². The number of rotatable bonds is 3. The van der Waals surface area contributed by atoms with E-state index in [2.05, 4.69) is 4.90 Å². The average Bonchev–Trinajstić information content (AvgIpc) is 2.30. The number of aliphatic hydroxyl groups excluding tert-OH is 1. The Labute approximate surface area is 97.7 Å². The van der Waals surface area contributed by atoms with Crippen molar-refractivity contribution in [3.05, 3.63) is 0 Å². The van der Waals surface area contributed by atoms with Crippen molar-refractivity contribution in [1.29, 1.82) is 0 Å². The topological polar surface area (TPSA) is 58.7 Å². The highest BCUT2D eigenvalue weighted by Gasteiger charge is 2.34. The van der Waals surface area contributed by atoms with Crippen LogP contribution in [-0.2, 0) is 4.74 Å². The Balaban J connectivity index is 1.89. The zero-order valence-corrected chi connectivity index (χ0v) is 10.0. The molecule has 0 amide bonds. The zero-order chi connectivity index (χ0) is 11.4. The van der Waals surface area contributed by atoms with E-state index in [0.29, 0.717) is 6.54 Å². The summed E-state index contributed by atoms with van der Waals surface area (Å²) >= 11 is 0. The molecule has 0 spiro atoms. The van der Waals surface area contributed by atoms with Gasteiger partial charge in [0.2, 0.25) is 0 Å². The molecule has 2 saturated heterocycles. The van der Waals surface area contributed by atoms with E-state index in [0.717, 1.165) is 58.5 Å². The smallest absolute Gasteiger partial charge is 0.0667 e. The highest BCUT2D eigenvalue weighted by Crippen LogP contribution is 2.29. The molecule has 2 atom stereocenters. The molecule has 0 bridgehead atoms. The Bertz CT molecular complexity index is 217. The van der Waals surface area contributed by atoms with Crippen molar-refractivity contribution in [3.63, 3.8) is 0 Å². The third-order valence-corrected chi connectivity index (χ3v) is 3.88. The van der Waals surface area contributed by atoms with Crippen molar-refractivity contribution in [2.75, 3.05) is 39.4 Å². The van der Waals surface area contributed by atoms with Crippen LogP contribution in [0.4, 0.5) is 0 Å². The van der Waals surface area contributed by atoms with Gasteiger partial charge in [0.25, 0.3) is 0 Å². The fraction of sp³-hybridized carbons (Fsp3) is 1.00. The van der Waals surface area contributed by atoms with Gasteiger partial charge in [-0.15, -0.1) is 0 Å². The van der Waals surface area contributed by atoms with Gasteiger partial charge in [-0.3, -0.25) is 0 Å². The van der Waals surface area contributed by atoms with Crippen LogP contribution in [0, 0.1) is 5.41 Å². The van der Waals surface area contributed by atoms with Crippen LogP contribution in [0.1, 0.15) is 25.7 Å². The van der Waals surface area contributed by atoms with Gasteiger partial charge in [0.05, 0.1) is 12.7 Å². The molecule has 0 radical (unpaired) electrons. The fourth-order valence-electron chi connectivity index (χ4n) is 2.91. The highest BCUT2D eigenvalue weighted by molar-refractivity contribution is 4.87. The first-order valence-corrected chi connectivity index (χ1v) is 6.42. The molecule has 0 aromatic heterocycles. The predicted molar refractivity (Wildman–Crippen MR) is 63.2 cm³/mol. The number of hydrogen-bond donors (Lipinski definition) is 2. The second kappa shape index (κ2) is 5.45. The monoisotopic (exact) mass is 228 g/mol. The minimum Gasteiger partial charge on any atom is -0.392 e. The Hall–Kier alpha value is -0.160. The lowest BCUT2D eigenvalue weighted by Crippen LogP contribution is -2.50. The summed E-state index contributed by atoms with van der Waals surface area (Å²) in [7, 11) is 0. The van der Waals surface area contributed by atoms with E-state index in [1.54, 1.807) is 0 Å². The number of ether oxygens (including phenoxy) is 1. The standard InChI is InChI=1S/C12H24N2O2/c13-8-12(4-2-6-16-10-12)9-14-5-1-3-11(15)7-14/h11,15H,1-10,13H2. The summed E-state index contributed by atoms with van der Waals surface area (Å²) in [6, 6.07) is 0. The van der Waals surface area contributed by atoms with Crippen LogP contribution in [0.2, 0.25) is 0 Å². The number of piperidine rings is 1. The van der Waals surface area contributed by atoms with Crippen LogP contribution in [0.5, 0.6) is 0 Å². The first-order valence-electron chi connectivity index (χ1n) is 6.42. The summed E-state index contributed by atoms with van der Waals surface area (Å²) in [6.07, 6.45) is 4.18. The lowest BCUT2D eigenvalue weighted by atomic mass is 9.81. The average molecular weight is 228 g/mol. The maximum absolute atomic E-state index is 9.66. The Morgan fingerprint density at radius 1 is 1.44 bits per heavy atom. The maximum atomic E-state index is 9.66. The molecule has 3 N–H and O–H groups in total. The van der Waals surface area contributed by atoms with E-state index < -0.39 is 0 Å². The van der Waals surface area contributed by atoms with E-state index in [1.807, 2.05) is 0 Å². The highest BCUT2D eigenvalue weighted by atomic mass is 16.5. The van der Waals surface area contributed by atoms with Gasteiger partial charge < -0.3 is 20.5 Å². The van der Waals surface area contributed by atoms with Crippen LogP contribution >= 0.6 is 0 Å². The number of likely N-dealkylation sites (tertiary alicyclic amines) is 1. The molecule has 2 fully saturated rings. The van der Waals surface area contributed by atoms with Crippen molar-refractivity contribution < 1.29 is 9.84 Å². The van der Waals surface area contributed by atoms with E-state index in [4.69, 9.17) is 10.5 Å². The predicted octanol–water partition coefficient (Wildman–Crippen LogP) is 0.199. The third-order valence-electron chi connectivity index (χ3n) is 3.88. The second-order valence-corrected chi connectivity index (χ2v) is 5.39. The molecule has 0 saturated carbocycles. The second-order valence-electron chi connectivity index (χ2n) is 5.39. The quantitative estimate of drug-likeness (QED) is 0.724. The number of β-amino-alcohol motifs (C(OH)–C–C–N with tert-alkyl or cyclic N) is 1. The van der Waals surface area contributed by atoms with Crippen molar-refractivity contribution in [1.82, 2.24) is 4.90 Å². The first kappa shape index (κ1) is 12.3. The molecule has 16 heavy (non-hydrogen) atoms. The van der Waals surface area contributed by atoms with Crippen molar-refractivity contribution in [2.24, 2.45) is 11.1 Å². The van der Waals surface area contributed by atoms with E-state index in [9.17, 15) is 5.11 Å². The summed E-state index contributed by atoms with van der Waals surface area (Å²) in [5.41, 5.74) is 6.06. The Morgan fingerprint density at radius 3 is 2.94 bits per heavy atom. The van der Waals surface area contributed by atoms with Gasteiger partial charge >= 0.3 is 0 Å². The van der Waals surface area contributed by atoms with Crippen LogP contribution in [0.3, 0.4) is 0 Å². The van der Waals surface area contributed by atoms with Crippen LogP contribution in [0.25, 0.3) is 0 Å². The molecule has 2 aliphatic heterocycles. The fourth-order valence-corrected chi connectivity index (χ4v) is 2.91. The number of hydrogen-bond acceptors (Lipinski definition) is 4. The minimum atomic E-state index is -0.145. The van der Waals surface area contributed by atoms with Crippen LogP contribution in [-0.4, -0.2) is 55.5 Å². The molecular weight excluding hydrogens is 204 g/mol. The van der Waals surface area contributed by atoms with Crippen molar-refractivity contribution in [2.45, 2.75) is 31.8 Å². The van der Waals surface area contributed by atoms with Crippen LogP contribution in [0.15, 0.2) is 0 Å². The molecule has 4 heteroatoms. The molecule has 0 aliphatic carbocycles.